The summed E-state index contributed by atoms with van der Waals surface area (Å²) >= 11 is 0. The van der Waals surface area contributed by atoms with Gasteiger partial charge in [0, 0.05) is 30.8 Å². The Kier molecular flexibility index (Phi) is 21.6. The minimum Gasteiger partial charge on any atom is -0.508 e. The first kappa shape index (κ1) is 46.5. The summed E-state index contributed by atoms with van der Waals surface area (Å²) in [5, 5.41) is 15.1. The van der Waals surface area contributed by atoms with Gasteiger partial charge in [-0.25, -0.2) is 0 Å². The van der Waals surface area contributed by atoms with Crippen molar-refractivity contribution in [1.29, 1.82) is 0 Å². The topological polar surface area (TPSA) is 162 Å². The fourth-order valence-electron chi connectivity index (χ4n) is 5.57. The van der Waals surface area contributed by atoms with Crippen molar-refractivity contribution >= 4 is 29.2 Å². The number of rotatable bonds is 26. The summed E-state index contributed by atoms with van der Waals surface area (Å²) in [7, 11) is 0. The second kappa shape index (κ2) is 26.9. The van der Waals surface area contributed by atoms with Crippen LogP contribution in [0.5, 0.6) is 5.75 Å². The molecule has 1 aromatic carbocycles. The van der Waals surface area contributed by atoms with E-state index >= 15 is 0 Å². The third kappa shape index (κ3) is 17.1. The molecule has 0 aliphatic carbocycles. The third-order valence-electron chi connectivity index (χ3n) is 8.41. The molecule has 1 atom stereocenters. The van der Waals surface area contributed by atoms with Crippen LogP contribution in [0.1, 0.15) is 31.7 Å². The van der Waals surface area contributed by atoms with Gasteiger partial charge in [-0.3, -0.25) is 29.4 Å². The summed E-state index contributed by atoms with van der Waals surface area (Å²) in [6.45, 7) is 17.8. The minimum absolute atomic E-state index is 0.0414. The van der Waals surface area contributed by atoms with E-state index in [1.54, 1.807) is 36.4 Å². The van der Waals surface area contributed by atoms with E-state index in [2.05, 4.69) is 37.3 Å². The molecule has 13 nitrogen and oxygen atoms in total. The van der Waals surface area contributed by atoms with Crippen molar-refractivity contribution in [3.8, 4) is 5.75 Å². The fourth-order valence-corrected chi connectivity index (χ4v) is 5.57. The van der Waals surface area contributed by atoms with Gasteiger partial charge in [-0.05, 0) is 59.4 Å². The number of amides is 4. The molecule has 0 bridgehead atoms. The standard InChI is InChI=1S/C45H55N3O10/c1-5-7-8-9-12-36(6-2)44(37-17-19-39(49)20-18-37)34(3)15-16-35(4)58-32-31-57-30-29-56-28-27-55-26-25-54-24-23-46-38-13-10-11-14-42(51)48(43(52)33-38)40-21-22-41(50)47-45(40)53/h5,7-20,33,40,46,49H,1,3-4,6,21-32H2,2H3,(H,47,50,53)/b8-7-,12-9+,13-10?,14-11+,16-15-,38-33?,44-36+. The summed E-state index contributed by atoms with van der Waals surface area (Å²) in [5.74, 6) is -1.75. The number of nitrogens with one attached hydrogen (secondary N) is 2. The van der Waals surface area contributed by atoms with Crippen molar-refractivity contribution in [2.24, 2.45) is 0 Å². The quantitative estimate of drug-likeness (QED) is 0.0482. The molecule has 58 heavy (non-hydrogen) atoms. The van der Waals surface area contributed by atoms with Crippen LogP contribution in [0.3, 0.4) is 0 Å². The summed E-state index contributed by atoms with van der Waals surface area (Å²) in [6.07, 6.45) is 21.2. The Bertz CT molecular complexity index is 1800. The second-order valence-electron chi connectivity index (χ2n) is 12.7. The van der Waals surface area contributed by atoms with Crippen LogP contribution in [0.2, 0.25) is 0 Å². The van der Waals surface area contributed by atoms with Crippen LogP contribution in [0.15, 0.2) is 140 Å². The summed E-state index contributed by atoms with van der Waals surface area (Å²) in [5.41, 5.74) is 4.18. The fraction of sp³-hybridized carbons (Fsp3) is 0.333. The Morgan fingerprint density at radius 3 is 2.10 bits per heavy atom. The van der Waals surface area contributed by atoms with Gasteiger partial charge in [-0.1, -0.05) is 87.4 Å². The van der Waals surface area contributed by atoms with Crippen LogP contribution in [0.25, 0.3) is 5.57 Å². The number of piperidine rings is 1. The van der Waals surface area contributed by atoms with E-state index in [9.17, 15) is 24.3 Å². The van der Waals surface area contributed by atoms with E-state index in [0.717, 1.165) is 33.6 Å². The average molecular weight is 798 g/mol. The summed E-state index contributed by atoms with van der Waals surface area (Å²) in [6, 6.07) is 5.98. The minimum atomic E-state index is -1.06. The molecule has 1 fully saturated rings. The highest BCUT2D eigenvalue weighted by molar-refractivity contribution is 6.11. The van der Waals surface area contributed by atoms with Gasteiger partial charge in [0.2, 0.25) is 11.8 Å². The van der Waals surface area contributed by atoms with E-state index in [4.69, 9.17) is 23.7 Å². The van der Waals surface area contributed by atoms with Gasteiger partial charge < -0.3 is 34.1 Å². The number of hydrogen-bond acceptors (Lipinski definition) is 11. The third-order valence-corrected chi connectivity index (χ3v) is 8.41. The van der Waals surface area contributed by atoms with Crippen molar-refractivity contribution < 1.29 is 48.0 Å². The predicted molar refractivity (Wildman–Crippen MR) is 223 cm³/mol. The van der Waals surface area contributed by atoms with Crippen LogP contribution in [0.4, 0.5) is 0 Å². The first-order valence-electron chi connectivity index (χ1n) is 19.1. The monoisotopic (exact) mass is 797 g/mol. The molecule has 13 heteroatoms. The van der Waals surface area contributed by atoms with Gasteiger partial charge >= 0.3 is 0 Å². The highest BCUT2D eigenvalue weighted by atomic mass is 16.6. The highest BCUT2D eigenvalue weighted by Gasteiger charge is 2.37. The van der Waals surface area contributed by atoms with Crippen LogP contribution in [-0.4, -0.2) is 106 Å². The molecule has 0 saturated carbocycles. The lowest BCUT2D eigenvalue weighted by atomic mass is 9.91. The predicted octanol–water partition coefficient (Wildman–Crippen LogP) is 5.32. The Morgan fingerprint density at radius 2 is 1.47 bits per heavy atom. The number of aromatic hydroxyl groups is 1. The zero-order valence-electron chi connectivity index (χ0n) is 33.2. The van der Waals surface area contributed by atoms with E-state index in [-0.39, 0.29) is 18.6 Å². The largest absolute Gasteiger partial charge is 0.508 e. The summed E-state index contributed by atoms with van der Waals surface area (Å²) in [4.78, 5) is 50.3. The Balaban J connectivity index is 1.24. The molecule has 4 amide bonds. The molecule has 1 saturated heterocycles. The molecule has 0 radical (unpaired) electrons. The van der Waals surface area contributed by atoms with Crippen molar-refractivity contribution in [3.63, 3.8) is 0 Å². The van der Waals surface area contributed by atoms with Crippen molar-refractivity contribution in [2.45, 2.75) is 32.2 Å². The molecule has 2 aliphatic heterocycles. The molecular weight excluding hydrogens is 743 g/mol. The van der Waals surface area contributed by atoms with Crippen molar-refractivity contribution in [3.05, 3.63) is 145 Å². The number of allylic oxidation sites excluding steroid dienone is 13. The zero-order chi connectivity index (χ0) is 42.0. The Labute approximate surface area is 341 Å². The van der Waals surface area contributed by atoms with Crippen LogP contribution in [0, 0.1) is 0 Å². The summed E-state index contributed by atoms with van der Waals surface area (Å²) < 4.78 is 28.0. The van der Waals surface area contributed by atoms with Gasteiger partial charge in [0.05, 0.1) is 52.9 Å². The van der Waals surface area contributed by atoms with E-state index in [0.29, 0.717) is 77.5 Å². The number of benzene rings is 1. The molecule has 310 valence electrons. The number of hydrogen-bond donors (Lipinski definition) is 3. The number of imide groups is 2. The van der Waals surface area contributed by atoms with Crippen LogP contribution in [-0.2, 0) is 42.9 Å². The number of carbonyl (C=O) groups is 4. The number of nitrogens with zero attached hydrogens (tertiary/aromatic N) is 1. The van der Waals surface area contributed by atoms with Crippen LogP contribution < -0.4 is 10.6 Å². The Hall–Kier alpha value is -5.86. The maximum atomic E-state index is 13.0. The average Bonchev–Trinajstić information content (AvgIpc) is 3.27. The Morgan fingerprint density at radius 1 is 0.828 bits per heavy atom. The molecule has 2 heterocycles. The van der Waals surface area contributed by atoms with E-state index in [1.807, 2.05) is 42.5 Å². The first-order valence-corrected chi connectivity index (χ1v) is 19.1. The van der Waals surface area contributed by atoms with Crippen LogP contribution >= 0.6 is 0 Å². The molecule has 3 rings (SSSR count). The van der Waals surface area contributed by atoms with E-state index < -0.39 is 29.7 Å². The van der Waals surface area contributed by atoms with Crippen molar-refractivity contribution in [1.82, 2.24) is 15.5 Å². The molecule has 1 unspecified atom stereocenters. The van der Waals surface area contributed by atoms with Crippen molar-refractivity contribution in [2.75, 3.05) is 66.0 Å². The number of carbonyl (C=O) groups excluding carboxylic acids is 4. The van der Waals surface area contributed by atoms with E-state index in [1.165, 1.54) is 18.2 Å². The number of phenolic OH excluding ortho intramolecular Hbond substituents is 1. The normalized spacial score (nSPS) is 17.2. The lowest BCUT2D eigenvalue weighted by molar-refractivity contribution is -0.150. The lowest BCUT2D eigenvalue weighted by Gasteiger charge is -2.30. The number of ether oxygens (including phenoxy) is 5. The molecule has 0 aromatic heterocycles. The highest BCUT2D eigenvalue weighted by Crippen LogP contribution is 2.30. The smallest absolute Gasteiger partial charge is 0.256 e. The first-order chi connectivity index (χ1) is 28.1. The van der Waals surface area contributed by atoms with Gasteiger partial charge in [-0.15, -0.1) is 0 Å². The number of phenols is 1. The lowest BCUT2D eigenvalue weighted by Crippen LogP contribution is -2.55. The zero-order valence-corrected chi connectivity index (χ0v) is 33.2. The van der Waals surface area contributed by atoms with Gasteiger partial charge in [0.1, 0.15) is 24.2 Å². The van der Waals surface area contributed by atoms with Gasteiger partial charge in [-0.2, -0.15) is 0 Å². The maximum absolute atomic E-state index is 13.0. The second-order valence-corrected chi connectivity index (χ2v) is 12.7. The van der Waals surface area contributed by atoms with Gasteiger partial charge in [0.25, 0.3) is 11.8 Å². The molecular formula is C45H55N3O10. The molecule has 0 spiro atoms. The molecule has 1 aromatic rings. The molecule has 2 aliphatic rings. The SMILES string of the molecule is C=C\C=C/C=C/C(CC)=C(\C(=C)/C=C\C(=C)OCCOCCOCCOCCOCCNC1=CC(=O)N(C2CCC(=O)NC2=O)C(=O)/C=C/C=C1)c1ccc(O)cc1. The molecule has 3 N–H and O–H groups in total. The van der Waals surface area contributed by atoms with Gasteiger partial charge in [0.15, 0.2) is 0 Å². The maximum Gasteiger partial charge on any atom is 0.256 e.